The van der Waals surface area contributed by atoms with E-state index in [1.165, 1.54) is 0 Å². The molecule has 19 heavy (non-hydrogen) atoms. The molecule has 0 aliphatic rings. The Hall–Kier alpha value is -2.10. The van der Waals surface area contributed by atoms with Crippen LogP contribution >= 0.6 is 0 Å². The monoisotopic (exact) mass is 257 g/mol. The summed E-state index contributed by atoms with van der Waals surface area (Å²) in [6, 6.07) is 6.13. The van der Waals surface area contributed by atoms with Gasteiger partial charge in [0.15, 0.2) is 6.29 Å². The maximum Gasteiger partial charge on any atom is 0.156 e. The molecule has 4 nitrogen and oxygen atoms in total. The lowest BCUT2D eigenvalue weighted by atomic mass is 10.0. The third-order valence-corrected chi connectivity index (χ3v) is 3.23. The van der Waals surface area contributed by atoms with E-state index in [-0.39, 0.29) is 0 Å². The number of carbonyl (C=O) groups excluding carboxylic acids is 1. The fraction of sp³-hybridized carbons (Fsp3) is 0.333. The second kappa shape index (κ2) is 5.26. The van der Waals surface area contributed by atoms with Gasteiger partial charge in [0.25, 0.3) is 0 Å². The van der Waals surface area contributed by atoms with Gasteiger partial charge in [-0.2, -0.15) is 5.10 Å². The van der Waals surface area contributed by atoms with E-state index in [1.54, 1.807) is 4.68 Å². The number of anilines is 1. The number of hydrogen-bond acceptors (Lipinski definition) is 3. The fourth-order valence-corrected chi connectivity index (χ4v) is 2.18. The quantitative estimate of drug-likeness (QED) is 0.856. The summed E-state index contributed by atoms with van der Waals surface area (Å²) >= 11 is 0. The number of nitrogens with zero attached hydrogens (tertiary/aromatic N) is 2. The van der Waals surface area contributed by atoms with Crippen molar-refractivity contribution in [3.8, 4) is 11.3 Å². The van der Waals surface area contributed by atoms with Crippen LogP contribution in [0.2, 0.25) is 0 Å². The van der Waals surface area contributed by atoms with Crippen LogP contribution in [0.5, 0.6) is 0 Å². The van der Waals surface area contributed by atoms with E-state index in [0.717, 1.165) is 35.9 Å². The summed E-state index contributed by atoms with van der Waals surface area (Å²) in [7, 11) is 0. The predicted octanol–water partition coefficient (Wildman–Crippen LogP) is 2.97. The van der Waals surface area contributed by atoms with E-state index in [2.05, 4.69) is 12.0 Å². The van der Waals surface area contributed by atoms with Crippen LogP contribution in [0.4, 0.5) is 5.82 Å². The third kappa shape index (κ3) is 2.38. The number of carbonyl (C=O) groups is 1. The molecule has 0 unspecified atom stereocenters. The molecular weight excluding hydrogens is 238 g/mol. The molecule has 100 valence electrons. The molecule has 0 saturated carbocycles. The minimum Gasteiger partial charge on any atom is -0.383 e. The lowest BCUT2D eigenvalue weighted by molar-refractivity contribution is 0.112. The van der Waals surface area contributed by atoms with Crippen LogP contribution in [-0.4, -0.2) is 16.1 Å². The van der Waals surface area contributed by atoms with Crippen molar-refractivity contribution in [2.45, 2.75) is 33.7 Å². The summed E-state index contributed by atoms with van der Waals surface area (Å²) in [4.78, 5) is 11.3. The van der Waals surface area contributed by atoms with Crippen molar-refractivity contribution in [2.24, 2.45) is 0 Å². The van der Waals surface area contributed by atoms with Crippen LogP contribution in [0, 0.1) is 13.8 Å². The van der Waals surface area contributed by atoms with Crippen molar-refractivity contribution in [3.63, 3.8) is 0 Å². The van der Waals surface area contributed by atoms with Crippen molar-refractivity contribution in [1.82, 2.24) is 9.78 Å². The summed E-state index contributed by atoms with van der Waals surface area (Å²) in [6.45, 7) is 6.81. The van der Waals surface area contributed by atoms with Gasteiger partial charge in [-0.3, -0.25) is 4.79 Å². The molecule has 0 atom stereocenters. The van der Waals surface area contributed by atoms with Gasteiger partial charge in [-0.15, -0.1) is 0 Å². The van der Waals surface area contributed by atoms with E-state index in [9.17, 15) is 4.79 Å². The molecule has 2 aromatic rings. The van der Waals surface area contributed by atoms with Crippen LogP contribution in [-0.2, 0) is 6.54 Å². The van der Waals surface area contributed by atoms with Gasteiger partial charge in [0.2, 0.25) is 0 Å². The highest BCUT2D eigenvalue weighted by Crippen LogP contribution is 2.29. The SMILES string of the molecule is CCCn1nc(-c2cc(C)ccc2C)c(C=O)c1N. The number of aldehydes is 1. The van der Waals surface area contributed by atoms with Crippen LogP contribution in [0.1, 0.15) is 34.8 Å². The largest absolute Gasteiger partial charge is 0.383 e. The van der Waals surface area contributed by atoms with E-state index in [1.807, 2.05) is 32.0 Å². The topological polar surface area (TPSA) is 60.9 Å². The summed E-state index contributed by atoms with van der Waals surface area (Å²) in [6.07, 6.45) is 1.72. The number of rotatable bonds is 4. The maximum atomic E-state index is 11.3. The Bertz CT molecular complexity index is 614. The highest BCUT2D eigenvalue weighted by molar-refractivity contribution is 5.92. The Morgan fingerprint density at radius 1 is 1.37 bits per heavy atom. The average Bonchev–Trinajstić information content (AvgIpc) is 2.70. The molecule has 0 saturated heterocycles. The molecule has 0 bridgehead atoms. The lowest BCUT2D eigenvalue weighted by Crippen LogP contribution is -2.04. The number of hydrogen-bond donors (Lipinski definition) is 1. The Labute approximate surface area is 113 Å². The zero-order chi connectivity index (χ0) is 14.0. The first kappa shape index (κ1) is 13.3. The molecule has 1 heterocycles. The molecule has 0 radical (unpaired) electrons. The lowest BCUT2D eigenvalue weighted by Gasteiger charge is -2.04. The third-order valence-electron chi connectivity index (χ3n) is 3.23. The normalized spacial score (nSPS) is 10.7. The number of nitrogens with two attached hydrogens (primary N) is 1. The van der Waals surface area contributed by atoms with Crippen molar-refractivity contribution in [1.29, 1.82) is 0 Å². The number of nitrogen functional groups attached to an aromatic ring is 1. The van der Waals surface area contributed by atoms with E-state index < -0.39 is 0 Å². The smallest absolute Gasteiger partial charge is 0.156 e. The number of benzene rings is 1. The first-order chi connectivity index (χ1) is 9.08. The summed E-state index contributed by atoms with van der Waals surface area (Å²) in [5.74, 6) is 0.452. The molecule has 2 rings (SSSR count). The van der Waals surface area contributed by atoms with Crippen molar-refractivity contribution in [3.05, 3.63) is 34.9 Å². The van der Waals surface area contributed by atoms with Crippen LogP contribution in [0.3, 0.4) is 0 Å². The average molecular weight is 257 g/mol. The zero-order valence-electron chi connectivity index (χ0n) is 11.6. The van der Waals surface area contributed by atoms with Gasteiger partial charge in [-0.25, -0.2) is 4.68 Å². The van der Waals surface area contributed by atoms with Crippen molar-refractivity contribution < 1.29 is 4.79 Å². The molecule has 0 amide bonds. The Morgan fingerprint density at radius 3 is 2.74 bits per heavy atom. The zero-order valence-corrected chi connectivity index (χ0v) is 11.6. The maximum absolute atomic E-state index is 11.3. The highest BCUT2D eigenvalue weighted by atomic mass is 16.1. The van der Waals surface area contributed by atoms with Crippen LogP contribution in [0.15, 0.2) is 18.2 Å². The van der Waals surface area contributed by atoms with Gasteiger partial charge in [-0.1, -0.05) is 24.6 Å². The van der Waals surface area contributed by atoms with Gasteiger partial charge >= 0.3 is 0 Å². The molecular formula is C15H19N3O. The minimum atomic E-state index is 0.452. The Balaban J connectivity index is 2.64. The van der Waals surface area contributed by atoms with Gasteiger partial charge in [0.05, 0.1) is 5.56 Å². The Kier molecular flexibility index (Phi) is 3.69. The van der Waals surface area contributed by atoms with Gasteiger partial charge < -0.3 is 5.73 Å². The molecule has 1 aromatic carbocycles. The number of aryl methyl sites for hydroxylation is 3. The number of aromatic nitrogens is 2. The fourth-order valence-electron chi connectivity index (χ4n) is 2.18. The van der Waals surface area contributed by atoms with Crippen LogP contribution in [0.25, 0.3) is 11.3 Å². The van der Waals surface area contributed by atoms with Crippen molar-refractivity contribution >= 4 is 12.1 Å². The highest BCUT2D eigenvalue weighted by Gasteiger charge is 2.17. The standard InChI is InChI=1S/C15H19N3O/c1-4-7-18-15(16)13(9-19)14(17-18)12-8-10(2)5-6-11(12)3/h5-6,8-9H,4,7,16H2,1-3H3. The van der Waals surface area contributed by atoms with E-state index in [4.69, 9.17) is 5.73 Å². The van der Waals surface area contributed by atoms with Crippen LogP contribution < -0.4 is 5.73 Å². The first-order valence-corrected chi connectivity index (χ1v) is 6.47. The predicted molar refractivity (Wildman–Crippen MR) is 77.2 cm³/mol. The molecule has 0 fully saturated rings. The van der Waals surface area contributed by atoms with Crippen molar-refractivity contribution in [2.75, 3.05) is 5.73 Å². The second-order valence-electron chi connectivity index (χ2n) is 4.81. The molecule has 4 heteroatoms. The summed E-state index contributed by atoms with van der Waals surface area (Å²) in [5, 5.41) is 4.50. The second-order valence-corrected chi connectivity index (χ2v) is 4.81. The Morgan fingerprint density at radius 2 is 2.11 bits per heavy atom. The molecule has 0 aliphatic heterocycles. The van der Waals surface area contributed by atoms with Gasteiger partial charge in [0.1, 0.15) is 11.5 Å². The summed E-state index contributed by atoms with van der Waals surface area (Å²) < 4.78 is 1.71. The minimum absolute atomic E-state index is 0.452. The molecule has 0 aliphatic carbocycles. The van der Waals surface area contributed by atoms with E-state index in [0.29, 0.717) is 17.1 Å². The molecule has 1 aromatic heterocycles. The van der Waals surface area contributed by atoms with Gasteiger partial charge in [-0.05, 0) is 31.9 Å². The first-order valence-electron chi connectivity index (χ1n) is 6.47. The van der Waals surface area contributed by atoms with E-state index >= 15 is 0 Å². The van der Waals surface area contributed by atoms with Gasteiger partial charge in [0, 0.05) is 12.1 Å². The molecule has 0 spiro atoms. The molecule has 2 N–H and O–H groups in total. The summed E-state index contributed by atoms with van der Waals surface area (Å²) in [5.41, 5.74) is 10.4.